The molecule has 2 unspecified atom stereocenters. The second-order valence-corrected chi connectivity index (χ2v) is 4.84. The van der Waals surface area contributed by atoms with Crippen LogP contribution in [-0.2, 0) is 0 Å². The Bertz CT molecular complexity index is 382. The fourth-order valence-electron chi connectivity index (χ4n) is 1.60. The first kappa shape index (κ1) is 14.9. The fourth-order valence-corrected chi connectivity index (χ4v) is 1.60. The van der Waals surface area contributed by atoms with Gasteiger partial charge in [-0.05, 0) is 30.5 Å². The van der Waals surface area contributed by atoms with E-state index in [2.05, 4.69) is 5.32 Å². The molecule has 0 saturated heterocycles. The molecule has 0 bridgehead atoms. The highest BCUT2D eigenvalue weighted by atomic mass is 19.1. The number of nitrogens with one attached hydrogen (secondary N) is 1. The molecule has 3 nitrogen and oxygen atoms in total. The largest absolute Gasteiger partial charge is 0.494 e. The van der Waals surface area contributed by atoms with Crippen molar-refractivity contribution in [3.8, 4) is 5.75 Å². The highest BCUT2D eigenvalue weighted by Gasteiger charge is 2.13. The Morgan fingerprint density at radius 2 is 2.00 bits per heavy atom. The van der Waals surface area contributed by atoms with Crippen molar-refractivity contribution in [2.24, 2.45) is 5.92 Å². The molecule has 0 aliphatic carbocycles. The van der Waals surface area contributed by atoms with Gasteiger partial charge in [-0.25, -0.2) is 4.39 Å². The van der Waals surface area contributed by atoms with Crippen LogP contribution in [-0.4, -0.2) is 24.9 Å². The molecule has 1 aromatic carbocycles. The second-order valence-electron chi connectivity index (χ2n) is 4.84. The number of aliphatic hydroxyl groups is 1. The SMILES string of the molecule is COc1cc(C(C)NCC(O)C(C)C)ccc1F. The van der Waals surface area contributed by atoms with Crippen LogP contribution >= 0.6 is 0 Å². The Kier molecular flexibility index (Phi) is 5.56. The van der Waals surface area contributed by atoms with Crippen molar-refractivity contribution < 1.29 is 14.2 Å². The molecule has 0 fully saturated rings. The van der Waals surface area contributed by atoms with Crippen molar-refractivity contribution in [3.05, 3.63) is 29.6 Å². The predicted octanol–water partition coefficient (Wildman–Crippen LogP) is 2.50. The number of ether oxygens (including phenoxy) is 1. The van der Waals surface area contributed by atoms with E-state index in [0.717, 1.165) is 5.56 Å². The molecule has 0 aliphatic rings. The van der Waals surface area contributed by atoms with Gasteiger partial charge in [-0.2, -0.15) is 0 Å². The topological polar surface area (TPSA) is 41.5 Å². The predicted molar refractivity (Wildman–Crippen MR) is 70.2 cm³/mol. The smallest absolute Gasteiger partial charge is 0.165 e. The number of methoxy groups -OCH3 is 1. The van der Waals surface area contributed by atoms with Crippen LogP contribution in [0, 0.1) is 11.7 Å². The molecule has 18 heavy (non-hydrogen) atoms. The molecule has 2 N–H and O–H groups in total. The van der Waals surface area contributed by atoms with E-state index in [1.807, 2.05) is 20.8 Å². The van der Waals surface area contributed by atoms with Crippen molar-refractivity contribution in [2.45, 2.75) is 32.9 Å². The summed E-state index contributed by atoms with van der Waals surface area (Å²) in [6.07, 6.45) is -0.380. The third-order valence-corrected chi connectivity index (χ3v) is 3.08. The second kappa shape index (κ2) is 6.71. The molecule has 4 heteroatoms. The average Bonchev–Trinajstić information content (AvgIpc) is 2.35. The van der Waals surface area contributed by atoms with Gasteiger partial charge < -0.3 is 15.2 Å². The molecule has 0 saturated carbocycles. The number of rotatable bonds is 6. The van der Waals surface area contributed by atoms with Crippen LogP contribution in [0.5, 0.6) is 5.75 Å². The highest BCUT2D eigenvalue weighted by Crippen LogP contribution is 2.22. The molecule has 1 rings (SSSR count). The first-order valence-electron chi connectivity index (χ1n) is 6.20. The summed E-state index contributed by atoms with van der Waals surface area (Å²) in [4.78, 5) is 0. The minimum Gasteiger partial charge on any atom is -0.494 e. The van der Waals surface area contributed by atoms with Gasteiger partial charge in [0.1, 0.15) is 0 Å². The molecule has 102 valence electrons. The number of benzene rings is 1. The summed E-state index contributed by atoms with van der Waals surface area (Å²) in [5, 5.41) is 12.9. The third-order valence-electron chi connectivity index (χ3n) is 3.08. The van der Waals surface area contributed by atoms with Crippen LogP contribution < -0.4 is 10.1 Å². The summed E-state index contributed by atoms with van der Waals surface area (Å²) < 4.78 is 18.2. The molecule has 0 spiro atoms. The molecule has 1 aromatic rings. The lowest BCUT2D eigenvalue weighted by Crippen LogP contribution is -2.32. The van der Waals surface area contributed by atoms with Crippen molar-refractivity contribution in [1.29, 1.82) is 0 Å². The number of hydrogen-bond acceptors (Lipinski definition) is 3. The Labute approximate surface area is 108 Å². The molecule has 0 aromatic heterocycles. The van der Waals surface area contributed by atoms with Crippen molar-refractivity contribution in [2.75, 3.05) is 13.7 Å². The van der Waals surface area contributed by atoms with Gasteiger partial charge in [0, 0.05) is 12.6 Å². The lowest BCUT2D eigenvalue weighted by molar-refractivity contribution is 0.120. The monoisotopic (exact) mass is 255 g/mol. The first-order valence-corrected chi connectivity index (χ1v) is 6.20. The minimum absolute atomic E-state index is 0.0351. The zero-order valence-corrected chi connectivity index (χ0v) is 11.4. The van der Waals surface area contributed by atoms with Crippen LogP contribution in [0.15, 0.2) is 18.2 Å². The van der Waals surface area contributed by atoms with E-state index >= 15 is 0 Å². The fraction of sp³-hybridized carbons (Fsp3) is 0.571. The van der Waals surface area contributed by atoms with Gasteiger partial charge in [0.25, 0.3) is 0 Å². The Morgan fingerprint density at radius 3 is 2.56 bits per heavy atom. The third kappa shape index (κ3) is 3.96. The van der Waals surface area contributed by atoms with Gasteiger partial charge in [-0.3, -0.25) is 0 Å². The standard InChI is InChI=1S/C14H22FNO2/c1-9(2)13(17)8-16-10(3)11-5-6-12(15)14(7-11)18-4/h5-7,9-10,13,16-17H,8H2,1-4H3. The number of halogens is 1. The van der Waals surface area contributed by atoms with Crippen LogP contribution in [0.2, 0.25) is 0 Å². The van der Waals surface area contributed by atoms with E-state index in [1.165, 1.54) is 13.2 Å². The molecule has 0 aliphatic heterocycles. The van der Waals surface area contributed by atoms with Gasteiger partial charge in [0.15, 0.2) is 11.6 Å². The molecule has 0 radical (unpaired) electrons. The zero-order valence-electron chi connectivity index (χ0n) is 11.4. The van der Waals surface area contributed by atoms with E-state index in [0.29, 0.717) is 6.54 Å². The summed E-state index contributed by atoms with van der Waals surface area (Å²) in [6, 6.07) is 4.82. The number of aliphatic hydroxyl groups excluding tert-OH is 1. The maximum atomic E-state index is 13.3. The molecule has 2 atom stereocenters. The summed E-state index contributed by atoms with van der Waals surface area (Å²) in [5.41, 5.74) is 0.934. The quantitative estimate of drug-likeness (QED) is 0.820. The normalized spacial score (nSPS) is 14.6. The Hall–Kier alpha value is -1.13. The lowest BCUT2D eigenvalue weighted by Gasteiger charge is -2.20. The lowest BCUT2D eigenvalue weighted by atomic mass is 10.1. The zero-order chi connectivity index (χ0) is 13.7. The van der Waals surface area contributed by atoms with Gasteiger partial charge in [0.05, 0.1) is 13.2 Å². The van der Waals surface area contributed by atoms with E-state index in [4.69, 9.17) is 4.74 Å². The summed E-state index contributed by atoms with van der Waals surface area (Å²) >= 11 is 0. The Morgan fingerprint density at radius 1 is 1.33 bits per heavy atom. The van der Waals surface area contributed by atoms with Crippen LogP contribution in [0.3, 0.4) is 0 Å². The van der Waals surface area contributed by atoms with E-state index < -0.39 is 0 Å². The van der Waals surface area contributed by atoms with Crippen LogP contribution in [0.1, 0.15) is 32.4 Å². The Balaban J connectivity index is 2.64. The molecular formula is C14H22FNO2. The van der Waals surface area contributed by atoms with Crippen molar-refractivity contribution in [3.63, 3.8) is 0 Å². The molecular weight excluding hydrogens is 233 g/mol. The van der Waals surface area contributed by atoms with Gasteiger partial charge >= 0.3 is 0 Å². The number of hydrogen-bond donors (Lipinski definition) is 2. The van der Waals surface area contributed by atoms with Gasteiger partial charge in [-0.1, -0.05) is 19.9 Å². The van der Waals surface area contributed by atoms with E-state index in [9.17, 15) is 9.50 Å². The van der Waals surface area contributed by atoms with Gasteiger partial charge in [-0.15, -0.1) is 0 Å². The molecule has 0 heterocycles. The highest BCUT2D eigenvalue weighted by molar-refractivity contribution is 5.31. The maximum Gasteiger partial charge on any atom is 0.165 e. The van der Waals surface area contributed by atoms with E-state index in [-0.39, 0.29) is 29.6 Å². The van der Waals surface area contributed by atoms with Crippen LogP contribution in [0.4, 0.5) is 4.39 Å². The van der Waals surface area contributed by atoms with Gasteiger partial charge in [0.2, 0.25) is 0 Å². The van der Waals surface area contributed by atoms with E-state index in [1.54, 1.807) is 12.1 Å². The maximum absolute atomic E-state index is 13.3. The first-order chi connectivity index (χ1) is 8.45. The van der Waals surface area contributed by atoms with Crippen molar-refractivity contribution >= 4 is 0 Å². The molecule has 0 amide bonds. The summed E-state index contributed by atoms with van der Waals surface area (Å²) in [7, 11) is 1.45. The minimum atomic E-state index is -0.380. The van der Waals surface area contributed by atoms with Crippen LogP contribution in [0.25, 0.3) is 0 Å². The summed E-state index contributed by atoms with van der Waals surface area (Å²) in [6.45, 7) is 6.42. The summed E-state index contributed by atoms with van der Waals surface area (Å²) in [5.74, 6) is 0.0914. The average molecular weight is 255 g/mol. The van der Waals surface area contributed by atoms with Crippen molar-refractivity contribution in [1.82, 2.24) is 5.32 Å².